The molecule has 1 aromatic rings. The molecule has 18 heavy (non-hydrogen) atoms. The smallest absolute Gasteiger partial charge is 0.238 e. The Bertz CT molecular complexity index is 494. The average molecular weight is 287 g/mol. The van der Waals surface area contributed by atoms with Gasteiger partial charge in [0.15, 0.2) is 0 Å². The van der Waals surface area contributed by atoms with Gasteiger partial charge in [0.25, 0.3) is 0 Å². The van der Waals surface area contributed by atoms with Gasteiger partial charge in [-0.1, -0.05) is 37.8 Å². The molecule has 6 heteroatoms. The Labute approximate surface area is 110 Å². The van der Waals surface area contributed by atoms with E-state index >= 15 is 0 Å². The molecule has 4 nitrogen and oxygen atoms in total. The summed E-state index contributed by atoms with van der Waals surface area (Å²) in [6, 6.07) is 7.74. The maximum absolute atomic E-state index is 11.4. The van der Waals surface area contributed by atoms with Gasteiger partial charge in [-0.15, -0.1) is 0 Å². The van der Waals surface area contributed by atoms with E-state index in [1.165, 1.54) is 6.07 Å². The molecular weight excluding hydrogens is 266 g/mol. The Kier molecular flexibility index (Phi) is 5.09. The Morgan fingerprint density at radius 2 is 1.83 bits per heavy atom. The maximum atomic E-state index is 11.4. The third-order valence-corrected chi connectivity index (χ3v) is 5.25. The molecule has 0 unspecified atom stereocenters. The van der Waals surface area contributed by atoms with E-state index in [0.717, 1.165) is 6.04 Å². The molecule has 0 bridgehead atoms. The van der Waals surface area contributed by atoms with E-state index in [-0.39, 0.29) is 11.5 Å². The lowest BCUT2D eigenvalue weighted by Crippen LogP contribution is -2.21. The van der Waals surface area contributed by atoms with Crippen LogP contribution in [-0.4, -0.2) is 23.1 Å². The molecule has 1 rings (SSSR count). The molecule has 0 heterocycles. The summed E-state index contributed by atoms with van der Waals surface area (Å²) >= 11 is 0. The van der Waals surface area contributed by atoms with Crippen LogP contribution in [0.15, 0.2) is 29.2 Å². The van der Waals surface area contributed by atoms with Crippen molar-refractivity contribution in [3.05, 3.63) is 29.8 Å². The number of hydrogen-bond donors (Lipinski definition) is 1. The van der Waals surface area contributed by atoms with Crippen LogP contribution in [0.5, 0.6) is 0 Å². The van der Waals surface area contributed by atoms with Gasteiger partial charge in [-0.3, -0.25) is 0 Å². The minimum atomic E-state index is -3.67. The molecule has 102 valence electrons. The van der Waals surface area contributed by atoms with Gasteiger partial charge in [0.05, 0.1) is 11.5 Å². The standard InChI is InChI=1S/C12H21NO3SSi/c1-18(2,3)9-8-16-10-11-6-4-5-7-12(11)17(13,14)15/h4-7H,8-10H2,1-3H3,(H2,13,14,15). The molecule has 0 aliphatic carbocycles. The number of sulfonamides is 1. The second kappa shape index (κ2) is 5.97. The third kappa shape index (κ3) is 5.30. The number of ether oxygens (including phenoxy) is 1. The van der Waals surface area contributed by atoms with Crippen LogP contribution in [0.2, 0.25) is 25.7 Å². The molecule has 0 fully saturated rings. The molecular formula is C12H21NO3SSi. The monoisotopic (exact) mass is 287 g/mol. The van der Waals surface area contributed by atoms with E-state index in [9.17, 15) is 8.42 Å². The summed E-state index contributed by atoms with van der Waals surface area (Å²) in [5, 5.41) is 5.15. The van der Waals surface area contributed by atoms with Crippen LogP contribution in [-0.2, 0) is 21.4 Å². The molecule has 0 aliphatic rings. The van der Waals surface area contributed by atoms with Crippen molar-refractivity contribution >= 4 is 18.1 Å². The van der Waals surface area contributed by atoms with Crippen molar-refractivity contribution in [1.82, 2.24) is 0 Å². The van der Waals surface area contributed by atoms with Crippen LogP contribution in [0.25, 0.3) is 0 Å². The Balaban J connectivity index is 2.64. The summed E-state index contributed by atoms with van der Waals surface area (Å²) in [6.07, 6.45) is 0. The van der Waals surface area contributed by atoms with Gasteiger partial charge >= 0.3 is 0 Å². The van der Waals surface area contributed by atoms with Gasteiger partial charge in [0.2, 0.25) is 10.0 Å². The van der Waals surface area contributed by atoms with Crippen molar-refractivity contribution in [1.29, 1.82) is 0 Å². The van der Waals surface area contributed by atoms with Crippen LogP contribution in [0, 0.1) is 0 Å². The van der Waals surface area contributed by atoms with E-state index in [1.807, 2.05) is 0 Å². The lowest BCUT2D eigenvalue weighted by molar-refractivity contribution is 0.131. The quantitative estimate of drug-likeness (QED) is 0.644. The number of benzene rings is 1. The van der Waals surface area contributed by atoms with E-state index in [0.29, 0.717) is 12.2 Å². The maximum Gasteiger partial charge on any atom is 0.238 e. The van der Waals surface area contributed by atoms with Gasteiger partial charge in [-0.2, -0.15) is 0 Å². The highest BCUT2D eigenvalue weighted by molar-refractivity contribution is 7.89. The summed E-state index contributed by atoms with van der Waals surface area (Å²) in [6.45, 7) is 7.77. The molecule has 0 amide bonds. The lowest BCUT2D eigenvalue weighted by Gasteiger charge is -2.15. The van der Waals surface area contributed by atoms with Gasteiger partial charge < -0.3 is 4.74 Å². The largest absolute Gasteiger partial charge is 0.377 e. The van der Waals surface area contributed by atoms with Gasteiger partial charge in [0.1, 0.15) is 0 Å². The summed E-state index contributed by atoms with van der Waals surface area (Å²) in [5.74, 6) is 0. The number of rotatable bonds is 6. The van der Waals surface area contributed by atoms with Crippen molar-refractivity contribution in [2.24, 2.45) is 5.14 Å². The molecule has 0 radical (unpaired) electrons. The van der Waals surface area contributed by atoms with Crippen molar-refractivity contribution in [3.8, 4) is 0 Å². The number of nitrogens with two attached hydrogens (primary N) is 1. The molecule has 0 saturated carbocycles. The molecule has 0 spiro atoms. The molecule has 1 aromatic carbocycles. The van der Waals surface area contributed by atoms with Crippen LogP contribution in [0.4, 0.5) is 0 Å². The fraction of sp³-hybridized carbons (Fsp3) is 0.500. The van der Waals surface area contributed by atoms with Crippen LogP contribution >= 0.6 is 0 Å². The zero-order chi connectivity index (χ0) is 13.8. The Morgan fingerprint density at radius 3 is 2.39 bits per heavy atom. The fourth-order valence-corrected chi connectivity index (χ4v) is 2.98. The van der Waals surface area contributed by atoms with E-state index in [1.54, 1.807) is 18.2 Å². The molecule has 0 saturated heterocycles. The van der Waals surface area contributed by atoms with Crippen LogP contribution < -0.4 is 5.14 Å². The summed E-state index contributed by atoms with van der Waals surface area (Å²) in [7, 11) is -4.78. The fourth-order valence-electron chi connectivity index (χ4n) is 1.46. The zero-order valence-corrected chi connectivity index (χ0v) is 13.0. The van der Waals surface area contributed by atoms with Crippen LogP contribution in [0.3, 0.4) is 0 Å². The molecule has 0 atom stereocenters. The highest BCUT2D eigenvalue weighted by Crippen LogP contribution is 2.15. The van der Waals surface area contributed by atoms with Crippen LogP contribution in [0.1, 0.15) is 5.56 Å². The molecule has 2 N–H and O–H groups in total. The van der Waals surface area contributed by atoms with Crippen molar-refractivity contribution in [3.63, 3.8) is 0 Å². The van der Waals surface area contributed by atoms with E-state index in [4.69, 9.17) is 9.88 Å². The van der Waals surface area contributed by atoms with Crippen molar-refractivity contribution < 1.29 is 13.2 Å². The van der Waals surface area contributed by atoms with Gasteiger partial charge in [0, 0.05) is 14.7 Å². The predicted octanol–water partition coefficient (Wildman–Crippen LogP) is 2.19. The first kappa shape index (κ1) is 15.4. The third-order valence-electron chi connectivity index (χ3n) is 2.53. The zero-order valence-electron chi connectivity index (χ0n) is 11.1. The lowest BCUT2D eigenvalue weighted by atomic mass is 10.2. The summed E-state index contributed by atoms with van der Waals surface area (Å²) < 4.78 is 28.3. The van der Waals surface area contributed by atoms with E-state index in [2.05, 4.69) is 19.6 Å². The predicted molar refractivity (Wildman–Crippen MR) is 75.6 cm³/mol. The molecule has 0 aromatic heterocycles. The topological polar surface area (TPSA) is 69.4 Å². The summed E-state index contributed by atoms with van der Waals surface area (Å²) in [4.78, 5) is 0.151. The number of hydrogen-bond acceptors (Lipinski definition) is 3. The Morgan fingerprint density at radius 1 is 1.22 bits per heavy atom. The first-order chi connectivity index (χ1) is 8.20. The second-order valence-electron chi connectivity index (χ2n) is 5.52. The first-order valence-electron chi connectivity index (χ1n) is 5.88. The highest BCUT2D eigenvalue weighted by atomic mass is 32.2. The molecule has 0 aliphatic heterocycles. The highest BCUT2D eigenvalue weighted by Gasteiger charge is 2.14. The van der Waals surface area contributed by atoms with Crippen molar-refractivity contribution in [2.75, 3.05) is 6.61 Å². The van der Waals surface area contributed by atoms with Gasteiger partial charge in [-0.05, 0) is 17.7 Å². The van der Waals surface area contributed by atoms with Gasteiger partial charge in [-0.25, -0.2) is 13.6 Å². The minimum Gasteiger partial charge on any atom is -0.377 e. The van der Waals surface area contributed by atoms with E-state index < -0.39 is 18.1 Å². The minimum absolute atomic E-state index is 0.151. The van der Waals surface area contributed by atoms with Crippen molar-refractivity contribution in [2.45, 2.75) is 37.2 Å². The Hall–Kier alpha value is -0.693. The SMILES string of the molecule is C[Si](C)(C)CCOCc1ccccc1S(N)(=O)=O. The normalized spacial score (nSPS) is 12.7. The summed E-state index contributed by atoms with van der Waals surface area (Å²) in [5.41, 5.74) is 0.621. The average Bonchev–Trinajstić information content (AvgIpc) is 2.22. The second-order valence-corrected chi connectivity index (χ2v) is 12.7. The number of primary sulfonamides is 1. The first-order valence-corrected chi connectivity index (χ1v) is 11.1.